The summed E-state index contributed by atoms with van der Waals surface area (Å²) in [7, 11) is 0. The summed E-state index contributed by atoms with van der Waals surface area (Å²) in [4.78, 5) is 25.3. The van der Waals surface area contributed by atoms with Gasteiger partial charge in [-0.15, -0.1) is 11.3 Å². The van der Waals surface area contributed by atoms with Crippen molar-refractivity contribution >= 4 is 28.7 Å². The highest BCUT2D eigenvalue weighted by Crippen LogP contribution is 2.35. The number of amides is 1. The molecule has 2 aromatic rings. The first kappa shape index (κ1) is 12.0. The standard InChI is InChI=1S/C13H7F2NO2S/c14-8-3-4-9(15)11-10(8)12(17)13(18)16(11)6-7-2-1-5-19-7/h1-5H,6H2. The Morgan fingerprint density at radius 3 is 2.53 bits per heavy atom. The number of rotatable bonds is 2. The van der Waals surface area contributed by atoms with Crippen molar-refractivity contribution in [3.8, 4) is 0 Å². The minimum absolute atomic E-state index is 0.0651. The largest absolute Gasteiger partial charge is 0.300 e. The van der Waals surface area contributed by atoms with Gasteiger partial charge in [-0.05, 0) is 23.6 Å². The molecule has 1 amide bonds. The number of Topliss-reactive ketones (excluding diaryl/α,β-unsaturated/α-hetero) is 1. The van der Waals surface area contributed by atoms with E-state index in [1.165, 1.54) is 11.3 Å². The molecule has 0 spiro atoms. The Hall–Kier alpha value is -2.08. The summed E-state index contributed by atoms with van der Waals surface area (Å²) in [5, 5.41) is 1.81. The predicted molar refractivity (Wildman–Crippen MR) is 66.2 cm³/mol. The molecular formula is C13H7F2NO2S. The second-order valence-electron chi connectivity index (χ2n) is 4.05. The molecule has 2 heterocycles. The van der Waals surface area contributed by atoms with Crippen LogP contribution in [0.3, 0.4) is 0 Å². The number of ketones is 1. The smallest absolute Gasteiger partial charge is 0.297 e. The summed E-state index contributed by atoms with van der Waals surface area (Å²) in [6.07, 6.45) is 0. The quantitative estimate of drug-likeness (QED) is 0.793. The molecule has 3 nitrogen and oxygen atoms in total. The second-order valence-corrected chi connectivity index (χ2v) is 5.08. The van der Waals surface area contributed by atoms with Crippen molar-refractivity contribution in [3.05, 3.63) is 51.7 Å². The molecule has 3 rings (SSSR count). The van der Waals surface area contributed by atoms with Crippen LogP contribution in [0.15, 0.2) is 29.6 Å². The zero-order valence-electron chi connectivity index (χ0n) is 9.52. The van der Waals surface area contributed by atoms with Crippen LogP contribution in [0, 0.1) is 11.6 Å². The third kappa shape index (κ3) is 1.76. The van der Waals surface area contributed by atoms with Crippen LogP contribution in [0.4, 0.5) is 14.5 Å². The summed E-state index contributed by atoms with van der Waals surface area (Å²) in [6.45, 7) is 0.0651. The van der Waals surface area contributed by atoms with Gasteiger partial charge in [0.05, 0.1) is 17.8 Å². The van der Waals surface area contributed by atoms with Gasteiger partial charge in [-0.1, -0.05) is 6.07 Å². The molecule has 1 aliphatic rings. The van der Waals surface area contributed by atoms with Gasteiger partial charge in [0.15, 0.2) is 0 Å². The van der Waals surface area contributed by atoms with Crippen molar-refractivity contribution in [3.63, 3.8) is 0 Å². The lowest BCUT2D eigenvalue weighted by atomic mass is 10.1. The van der Waals surface area contributed by atoms with Crippen molar-refractivity contribution in [2.24, 2.45) is 0 Å². The Bertz CT molecular complexity index is 682. The molecule has 0 saturated heterocycles. The molecule has 0 aliphatic carbocycles. The number of hydrogen-bond donors (Lipinski definition) is 0. The van der Waals surface area contributed by atoms with Crippen LogP contribution in [0.1, 0.15) is 15.2 Å². The number of halogens is 2. The third-order valence-corrected chi connectivity index (χ3v) is 3.77. The highest BCUT2D eigenvalue weighted by atomic mass is 32.1. The molecule has 0 fully saturated rings. The van der Waals surface area contributed by atoms with Crippen LogP contribution in [0.5, 0.6) is 0 Å². The maximum Gasteiger partial charge on any atom is 0.300 e. The van der Waals surface area contributed by atoms with Gasteiger partial charge in [0.2, 0.25) is 0 Å². The van der Waals surface area contributed by atoms with Gasteiger partial charge in [0.1, 0.15) is 11.6 Å². The van der Waals surface area contributed by atoms with Crippen molar-refractivity contribution in [1.29, 1.82) is 0 Å². The van der Waals surface area contributed by atoms with Gasteiger partial charge in [0, 0.05) is 4.88 Å². The first-order chi connectivity index (χ1) is 9.09. The number of nitrogens with zero attached hydrogens (tertiary/aromatic N) is 1. The summed E-state index contributed by atoms with van der Waals surface area (Å²) in [5.41, 5.74) is -0.732. The van der Waals surface area contributed by atoms with E-state index in [0.717, 1.165) is 21.9 Å². The van der Waals surface area contributed by atoms with E-state index < -0.39 is 28.9 Å². The van der Waals surface area contributed by atoms with Gasteiger partial charge in [-0.25, -0.2) is 8.78 Å². The molecule has 19 heavy (non-hydrogen) atoms. The average Bonchev–Trinajstić information content (AvgIpc) is 2.97. The highest BCUT2D eigenvalue weighted by molar-refractivity contribution is 7.09. The van der Waals surface area contributed by atoms with Crippen LogP contribution in [-0.4, -0.2) is 11.7 Å². The van der Waals surface area contributed by atoms with E-state index in [1.54, 1.807) is 17.5 Å². The lowest BCUT2D eigenvalue weighted by Gasteiger charge is -2.15. The van der Waals surface area contributed by atoms with Crippen molar-refractivity contribution in [1.82, 2.24) is 0 Å². The summed E-state index contributed by atoms with van der Waals surface area (Å²) < 4.78 is 27.4. The van der Waals surface area contributed by atoms with Crippen LogP contribution < -0.4 is 4.90 Å². The fraction of sp³-hybridized carbons (Fsp3) is 0.0769. The minimum Gasteiger partial charge on any atom is -0.297 e. The number of anilines is 1. The van der Waals surface area contributed by atoms with E-state index in [1.807, 2.05) is 0 Å². The van der Waals surface area contributed by atoms with Crippen LogP contribution >= 0.6 is 11.3 Å². The van der Waals surface area contributed by atoms with Crippen LogP contribution in [-0.2, 0) is 11.3 Å². The lowest BCUT2D eigenvalue weighted by molar-refractivity contribution is -0.114. The molecule has 1 aromatic carbocycles. The first-order valence-electron chi connectivity index (χ1n) is 5.46. The van der Waals surface area contributed by atoms with Crippen molar-refractivity contribution in [2.45, 2.75) is 6.54 Å². The molecule has 0 unspecified atom stereocenters. The Morgan fingerprint density at radius 2 is 1.84 bits per heavy atom. The van der Waals surface area contributed by atoms with Gasteiger partial charge in [0.25, 0.3) is 11.7 Å². The maximum absolute atomic E-state index is 13.8. The summed E-state index contributed by atoms with van der Waals surface area (Å²) >= 11 is 1.38. The minimum atomic E-state index is -0.997. The molecule has 96 valence electrons. The fourth-order valence-electron chi connectivity index (χ4n) is 2.06. The Labute approximate surface area is 111 Å². The molecule has 0 radical (unpaired) electrons. The zero-order chi connectivity index (χ0) is 13.6. The number of carbonyl (C=O) groups excluding carboxylic acids is 2. The molecular weight excluding hydrogens is 272 g/mol. The molecule has 0 bridgehead atoms. The number of thiophene rings is 1. The Balaban J connectivity index is 2.12. The number of benzene rings is 1. The second kappa shape index (κ2) is 4.24. The van der Waals surface area contributed by atoms with E-state index in [9.17, 15) is 18.4 Å². The zero-order valence-corrected chi connectivity index (χ0v) is 10.3. The normalized spacial score (nSPS) is 14.1. The molecule has 6 heteroatoms. The van der Waals surface area contributed by atoms with Gasteiger partial charge >= 0.3 is 0 Å². The molecule has 0 atom stereocenters. The van der Waals surface area contributed by atoms with E-state index in [4.69, 9.17) is 0 Å². The van der Waals surface area contributed by atoms with Crippen LogP contribution in [0.2, 0.25) is 0 Å². The van der Waals surface area contributed by atoms with Crippen molar-refractivity contribution < 1.29 is 18.4 Å². The van der Waals surface area contributed by atoms with E-state index in [0.29, 0.717) is 0 Å². The van der Waals surface area contributed by atoms with Gasteiger partial charge in [-0.3, -0.25) is 14.5 Å². The van der Waals surface area contributed by atoms with Gasteiger partial charge < -0.3 is 0 Å². The lowest BCUT2D eigenvalue weighted by Crippen LogP contribution is -2.29. The average molecular weight is 279 g/mol. The number of hydrogen-bond acceptors (Lipinski definition) is 3. The molecule has 0 N–H and O–H groups in total. The van der Waals surface area contributed by atoms with E-state index >= 15 is 0 Å². The Kier molecular flexibility index (Phi) is 2.67. The topological polar surface area (TPSA) is 37.4 Å². The first-order valence-corrected chi connectivity index (χ1v) is 6.34. The SMILES string of the molecule is O=C1C(=O)N(Cc2cccs2)c2c(F)ccc(F)c21. The molecule has 1 aliphatic heterocycles. The molecule has 0 saturated carbocycles. The molecule has 1 aromatic heterocycles. The predicted octanol–water partition coefficient (Wildman–Crippen LogP) is 2.76. The fourth-order valence-corrected chi connectivity index (χ4v) is 2.75. The Morgan fingerprint density at radius 1 is 1.11 bits per heavy atom. The number of carbonyl (C=O) groups is 2. The van der Waals surface area contributed by atoms with E-state index in [2.05, 4.69) is 0 Å². The maximum atomic E-state index is 13.8. The monoisotopic (exact) mass is 279 g/mol. The third-order valence-electron chi connectivity index (χ3n) is 2.91. The van der Waals surface area contributed by atoms with Crippen LogP contribution in [0.25, 0.3) is 0 Å². The summed E-state index contributed by atoms with van der Waals surface area (Å²) in [5.74, 6) is -3.54. The van der Waals surface area contributed by atoms with E-state index in [-0.39, 0.29) is 12.2 Å². The highest BCUT2D eigenvalue weighted by Gasteiger charge is 2.40. The van der Waals surface area contributed by atoms with Crippen molar-refractivity contribution in [2.75, 3.05) is 4.90 Å². The number of fused-ring (bicyclic) bond motifs is 1. The summed E-state index contributed by atoms with van der Waals surface area (Å²) in [6, 6.07) is 5.32. The van der Waals surface area contributed by atoms with Gasteiger partial charge in [-0.2, -0.15) is 0 Å².